The molecule has 0 spiro atoms. The molecule has 1 N–H and O–H groups in total. The maximum atomic E-state index is 14.4. The molecule has 9 heteroatoms. The summed E-state index contributed by atoms with van der Waals surface area (Å²) in [6.07, 6.45) is 0.387. The molecule has 0 radical (unpaired) electrons. The first-order valence-corrected chi connectivity index (χ1v) is 12.8. The van der Waals surface area contributed by atoms with Crippen molar-refractivity contribution in [2.24, 2.45) is 0 Å². The molecule has 0 unspecified atom stereocenters. The van der Waals surface area contributed by atoms with Crippen molar-refractivity contribution >= 4 is 33.2 Å². The van der Waals surface area contributed by atoms with Crippen molar-refractivity contribution in [2.75, 3.05) is 39.6 Å². The molecule has 186 valence electrons. The van der Waals surface area contributed by atoms with Gasteiger partial charge in [0.25, 0.3) is 5.91 Å². The van der Waals surface area contributed by atoms with Crippen molar-refractivity contribution in [3.63, 3.8) is 0 Å². The number of carbonyl (C=O) groups is 1. The third-order valence-corrected chi connectivity index (χ3v) is 8.02. The van der Waals surface area contributed by atoms with Crippen LogP contribution in [0.25, 0.3) is 0 Å². The number of rotatable bonds is 9. The number of nitrogens with zero attached hydrogens (tertiary/aromatic N) is 2. The lowest BCUT2D eigenvalue weighted by molar-refractivity contribution is 0.0951. The SMILES string of the molecule is CN(C)c1cc(Cl)c(S(=O)(=O)N(C)C)cc1C(=O)NC[C@@H](Cc1ccccc1F)c1ccccc1. The number of amides is 1. The maximum absolute atomic E-state index is 14.4. The van der Waals surface area contributed by atoms with E-state index < -0.39 is 15.9 Å². The molecule has 3 aromatic carbocycles. The van der Waals surface area contributed by atoms with Crippen LogP contribution in [0.3, 0.4) is 0 Å². The summed E-state index contributed by atoms with van der Waals surface area (Å²) in [5.74, 6) is -0.946. The van der Waals surface area contributed by atoms with E-state index in [4.69, 9.17) is 11.6 Å². The smallest absolute Gasteiger partial charge is 0.253 e. The predicted octanol–water partition coefficient (Wildman–Crippen LogP) is 4.55. The van der Waals surface area contributed by atoms with Gasteiger partial charge < -0.3 is 10.2 Å². The molecule has 0 heterocycles. The fourth-order valence-corrected chi connectivity index (χ4v) is 5.18. The van der Waals surface area contributed by atoms with Gasteiger partial charge in [-0.15, -0.1) is 0 Å². The number of carbonyl (C=O) groups excluding carboxylic acids is 1. The van der Waals surface area contributed by atoms with Gasteiger partial charge in [-0.1, -0.05) is 60.1 Å². The molecule has 35 heavy (non-hydrogen) atoms. The molecule has 0 aliphatic carbocycles. The van der Waals surface area contributed by atoms with Crippen molar-refractivity contribution in [2.45, 2.75) is 17.2 Å². The van der Waals surface area contributed by atoms with E-state index in [0.29, 0.717) is 17.7 Å². The first kappa shape index (κ1) is 26.7. The first-order chi connectivity index (χ1) is 16.5. The fourth-order valence-electron chi connectivity index (χ4n) is 3.76. The minimum atomic E-state index is -3.86. The number of hydrogen-bond acceptors (Lipinski definition) is 4. The second-order valence-electron chi connectivity index (χ2n) is 8.59. The summed E-state index contributed by atoms with van der Waals surface area (Å²) in [7, 11) is 2.43. The number of hydrogen-bond donors (Lipinski definition) is 1. The van der Waals surface area contributed by atoms with Crippen LogP contribution in [0.15, 0.2) is 71.6 Å². The molecule has 3 aromatic rings. The van der Waals surface area contributed by atoms with Crippen LogP contribution in [0.2, 0.25) is 5.02 Å². The molecule has 0 aromatic heterocycles. The quantitative estimate of drug-likeness (QED) is 0.452. The van der Waals surface area contributed by atoms with Gasteiger partial charge in [-0.25, -0.2) is 17.1 Å². The van der Waals surface area contributed by atoms with Crippen LogP contribution in [0, 0.1) is 5.82 Å². The van der Waals surface area contributed by atoms with Gasteiger partial charge in [0.05, 0.1) is 16.3 Å². The minimum absolute atomic E-state index is 0.0284. The highest BCUT2D eigenvalue weighted by atomic mass is 35.5. The second-order valence-corrected chi connectivity index (χ2v) is 11.1. The zero-order chi connectivity index (χ0) is 25.8. The molecule has 0 aliphatic heterocycles. The number of halogens is 2. The zero-order valence-electron chi connectivity index (χ0n) is 20.1. The third-order valence-electron chi connectivity index (χ3n) is 5.74. The van der Waals surface area contributed by atoms with E-state index in [2.05, 4.69) is 5.32 Å². The number of nitrogens with one attached hydrogen (secondary N) is 1. The summed E-state index contributed by atoms with van der Waals surface area (Å²) in [6, 6.07) is 18.9. The van der Waals surface area contributed by atoms with E-state index in [1.807, 2.05) is 30.3 Å². The number of anilines is 1. The Balaban J connectivity index is 1.94. The Bertz CT molecular complexity index is 1300. The Kier molecular flexibility index (Phi) is 8.53. The lowest BCUT2D eigenvalue weighted by Gasteiger charge is -2.22. The molecule has 1 amide bonds. The molecular formula is C26H29ClFN3O3S. The summed E-state index contributed by atoms with van der Waals surface area (Å²) in [5, 5.41) is 2.95. The monoisotopic (exact) mass is 517 g/mol. The van der Waals surface area contributed by atoms with Gasteiger partial charge in [-0.2, -0.15) is 0 Å². The summed E-state index contributed by atoms with van der Waals surface area (Å²) in [4.78, 5) is 14.9. The minimum Gasteiger partial charge on any atom is -0.377 e. The largest absolute Gasteiger partial charge is 0.377 e. The van der Waals surface area contributed by atoms with E-state index in [1.165, 1.54) is 32.3 Å². The highest BCUT2D eigenvalue weighted by Crippen LogP contribution is 2.32. The Hall–Kier alpha value is -2.94. The van der Waals surface area contributed by atoms with Gasteiger partial charge >= 0.3 is 0 Å². The van der Waals surface area contributed by atoms with E-state index in [-0.39, 0.29) is 33.8 Å². The van der Waals surface area contributed by atoms with E-state index in [1.54, 1.807) is 37.2 Å². The predicted molar refractivity (Wildman–Crippen MR) is 138 cm³/mol. The molecule has 0 bridgehead atoms. The number of sulfonamides is 1. The second kappa shape index (κ2) is 11.2. The maximum Gasteiger partial charge on any atom is 0.253 e. The average Bonchev–Trinajstić information content (AvgIpc) is 2.82. The van der Waals surface area contributed by atoms with Gasteiger partial charge in [0.1, 0.15) is 10.7 Å². The van der Waals surface area contributed by atoms with Gasteiger partial charge in [-0.05, 0) is 35.7 Å². The van der Waals surface area contributed by atoms with Crippen LogP contribution in [-0.2, 0) is 16.4 Å². The lowest BCUT2D eigenvalue weighted by Crippen LogP contribution is -2.31. The zero-order valence-corrected chi connectivity index (χ0v) is 21.7. The van der Waals surface area contributed by atoms with Gasteiger partial charge in [0, 0.05) is 40.7 Å². The molecule has 6 nitrogen and oxygen atoms in total. The third kappa shape index (κ3) is 6.20. The van der Waals surface area contributed by atoms with Crippen molar-refractivity contribution in [3.05, 3.63) is 94.3 Å². The van der Waals surface area contributed by atoms with E-state index in [0.717, 1.165) is 9.87 Å². The fraction of sp³-hybridized carbons (Fsp3) is 0.269. The van der Waals surface area contributed by atoms with Crippen molar-refractivity contribution < 1.29 is 17.6 Å². The summed E-state index contributed by atoms with van der Waals surface area (Å²) < 4.78 is 40.9. The summed E-state index contributed by atoms with van der Waals surface area (Å²) >= 11 is 6.29. The van der Waals surface area contributed by atoms with Crippen LogP contribution in [0.4, 0.5) is 10.1 Å². The molecule has 3 rings (SSSR count). The van der Waals surface area contributed by atoms with Crippen molar-refractivity contribution in [1.82, 2.24) is 9.62 Å². The molecule has 0 saturated carbocycles. The van der Waals surface area contributed by atoms with Gasteiger partial charge in [0.15, 0.2) is 0 Å². The van der Waals surface area contributed by atoms with Crippen LogP contribution in [-0.4, -0.2) is 53.4 Å². The Morgan fingerprint density at radius 3 is 2.23 bits per heavy atom. The Labute approximate surface area is 211 Å². The van der Waals surface area contributed by atoms with Gasteiger partial charge in [-0.3, -0.25) is 4.79 Å². The van der Waals surface area contributed by atoms with E-state index >= 15 is 0 Å². The van der Waals surface area contributed by atoms with Crippen LogP contribution in [0.5, 0.6) is 0 Å². The normalized spacial score (nSPS) is 12.4. The Morgan fingerprint density at radius 1 is 1.00 bits per heavy atom. The Morgan fingerprint density at radius 2 is 1.63 bits per heavy atom. The topological polar surface area (TPSA) is 69.7 Å². The molecule has 0 fully saturated rings. The molecule has 1 atom stereocenters. The van der Waals surface area contributed by atoms with Crippen LogP contribution >= 0.6 is 11.6 Å². The highest BCUT2D eigenvalue weighted by molar-refractivity contribution is 7.89. The van der Waals surface area contributed by atoms with Crippen LogP contribution < -0.4 is 10.2 Å². The summed E-state index contributed by atoms with van der Waals surface area (Å²) in [5.41, 5.74) is 2.17. The van der Waals surface area contributed by atoms with E-state index in [9.17, 15) is 17.6 Å². The lowest BCUT2D eigenvalue weighted by atomic mass is 9.91. The molecular weight excluding hydrogens is 489 g/mol. The van der Waals surface area contributed by atoms with Crippen LogP contribution in [0.1, 0.15) is 27.4 Å². The average molecular weight is 518 g/mol. The highest BCUT2D eigenvalue weighted by Gasteiger charge is 2.26. The van der Waals surface area contributed by atoms with Crippen molar-refractivity contribution in [1.29, 1.82) is 0 Å². The molecule has 0 saturated heterocycles. The first-order valence-electron chi connectivity index (χ1n) is 11.0. The van der Waals surface area contributed by atoms with Gasteiger partial charge in [0.2, 0.25) is 10.0 Å². The standard InChI is InChI=1S/C26H29ClFN3O3S/c1-30(2)24-16-22(27)25(35(33,34)31(3)4)15-21(24)26(32)29-17-20(18-10-6-5-7-11-18)14-19-12-8-9-13-23(19)28/h5-13,15-16,20H,14,17H2,1-4H3,(H,29,32)/t20-/m1/s1. The van der Waals surface area contributed by atoms with Crippen molar-refractivity contribution in [3.8, 4) is 0 Å². The molecule has 0 aliphatic rings. The number of benzene rings is 3. The summed E-state index contributed by atoms with van der Waals surface area (Å²) in [6.45, 7) is 0.225.